The smallest absolute Gasteiger partial charge is 0.220 e. The summed E-state index contributed by atoms with van der Waals surface area (Å²) in [5.41, 5.74) is 5.42. The van der Waals surface area contributed by atoms with Gasteiger partial charge >= 0.3 is 0 Å². The predicted octanol–water partition coefficient (Wildman–Crippen LogP) is -0.132. The van der Waals surface area contributed by atoms with Crippen molar-refractivity contribution in [1.82, 2.24) is 15.1 Å². The van der Waals surface area contributed by atoms with Gasteiger partial charge in [-0.15, -0.1) is 0 Å². The quantitative estimate of drug-likeness (QED) is 0.695. The Morgan fingerprint density at radius 3 is 2.44 bits per heavy atom. The minimum absolute atomic E-state index is 0.0274. The summed E-state index contributed by atoms with van der Waals surface area (Å²) >= 11 is 0. The number of carbonyl (C=O) groups is 1. The van der Waals surface area contributed by atoms with Crippen LogP contribution in [0.4, 0.5) is 0 Å². The van der Waals surface area contributed by atoms with Gasteiger partial charge in [-0.05, 0) is 33.9 Å². The van der Waals surface area contributed by atoms with Crippen molar-refractivity contribution < 1.29 is 4.79 Å². The molecule has 1 saturated heterocycles. The van der Waals surface area contributed by atoms with Crippen LogP contribution in [0.1, 0.15) is 26.7 Å². The Balaban J connectivity index is 2.32. The van der Waals surface area contributed by atoms with Crippen LogP contribution >= 0.6 is 0 Å². The molecule has 5 heteroatoms. The van der Waals surface area contributed by atoms with Gasteiger partial charge in [-0.2, -0.15) is 0 Å². The lowest BCUT2D eigenvalue weighted by Gasteiger charge is -2.43. The number of piperazine rings is 1. The zero-order valence-electron chi connectivity index (χ0n) is 12.0. The van der Waals surface area contributed by atoms with Crippen molar-refractivity contribution in [3.05, 3.63) is 0 Å². The Morgan fingerprint density at radius 2 is 1.89 bits per heavy atom. The van der Waals surface area contributed by atoms with Crippen LogP contribution in [0.2, 0.25) is 0 Å². The van der Waals surface area contributed by atoms with Crippen molar-refractivity contribution in [2.75, 3.05) is 46.3 Å². The molecular formula is C13H28N4O. The Hall–Kier alpha value is -0.650. The van der Waals surface area contributed by atoms with Crippen molar-refractivity contribution >= 4 is 5.91 Å². The zero-order valence-corrected chi connectivity index (χ0v) is 12.0. The molecule has 0 aromatic rings. The summed E-state index contributed by atoms with van der Waals surface area (Å²) < 4.78 is 0. The first-order chi connectivity index (χ1) is 8.45. The standard InChI is InChI=1S/C13H28N4O/c1-13(2,11-15-12(18)5-4-6-14)17-9-7-16(3)8-10-17/h4-11,14H2,1-3H3,(H,15,18). The molecule has 0 atom stereocenters. The molecule has 1 aliphatic rings. The van der Waals surface area contributed by atoms with E-state index >= 15 is 0 Å². The Bertz CT molecular complexity index is 260. The lowest BCUT2D eigenvalue weighted by molar-refractivity contribution is -0.121. The largest absolute Gasteiger partial charge is 0.354 e. The molecule has 106 valence electrons. The first-order valence-electron chi connectivity index (χ1n) is 6.86. The molecule has 3 N–H and O–H groups in total. The Labute approximate surface area is 111 Å². The van der Waals surface area contributed by atoms with E-state index < -0.39 is 0 Å². The van der Waals surface area contributed by atoms with E-state index in [1.807, 2.05) is 0 Å². The summed E-state index contributed by atoms with van der Waals surface area (Å²) in [6.45, 7) is 10.0. The minimum atomic E-state index is 0.0274. The van der Waals surface area contributed by atoms with E-state index in [1.54, 1.807) is 0 Å². The van der Waals surface area contributed by atoms with Crippen LogP contribution in [0.3, 0.4) is 0 Å². The monoisotopic (exact) mass is 256 g/mol. The van der Waals surface area contributed by atoms with Gasteiger partial charge < -0.3 is 16.0 Å². The van der Waals surface area contributed by atoms with Crippen LogP contribution in [0.25, 0.3) is 0 Å². The van der Waals surface area contributed by atoms with E-state index in [2.05, 4.69) is 36.0 Å². The maximum atomic E-state index is 11.6. The van der Waals surface area contributed by atoms with Gasteiger partial charge in [0, 0.05) is 44.7 Å². The summed E-state index contributed by atoms with van der Waals surface area (Å²) in [6.07, 6.45) is 1.30. The molecule has 0 spiro atoms. The highest BCUT2D eigenvalue weighted by Gasteiger charge is 2.29. The number of nitrogens with one attached hydrogen (secondary N) is 1. The van der Waals surface area contributed by atoms with E-state index in [-0.39, 0.29) is 11.4 Å². The molecule has 0 unspecified atom stereocenters. The maximum Gasteiger partial charge on any atom is 0.220 e. The molecule has 18 heavy (non-hydrogen) atoms. The van der Waals surface area contributed by atoms with Crippen molar-refractivity contribution in [2.45, 2.75) is 32.2 Å². The first kappa shape index (κ1) is 15.4. The second-order valence-electron chi connectivity index (χ2n) is 5.77. The van der Waals surface area contributed by atoms with Crippen LogP contribution in [-0.2, 0) is 4.79 Å². The second-order valence-corrected chi connectivity index (χ2v) is 5.77. The van der Waals surface area contributed by atoms with Gasteiger partial charge in [-0.25, -0.2) is 0 Å². The summed E-state index contributed by atoms with van der Waals surface area (Å²) in [5, 5.41) is 3.02. The summed E-state index contributed by atoms with van der Waals surface area (Å²) in [6, 6.07) is 0. The lowest BCUT2D eigenvalue weighted by Crippen LogP contribution is -2.57. The van der Waals surface area contributed by atoms with Crippen molar-refractivity contribution in [1.29, 1.82) is 0 Å². The fourth-order valence-corrected chi connectivity index (χ4v) is 2.19. The molecule has 0 aromatic carbocycles. The van der Waals surface area contributed by atoms with Gasteiger partial charge in [0.05, 0.1) is 0 Å². The molecule has 1 heterocycles. The Morgan fingerprint density at radius 1 is 1.28 bits per heavy atom. The molecule has 0 aromatic heterocycles. The molecule has 0 bridgehead atoms. The van der Waals surface area contributed by atoms with Crippen LogP contribution in [0, 0.1) is 0 Å². The average molecular weight is 256 g/mol. The third kappa shape index (κ3) is 4.92. The minimum Gasteiger partial charge on any atom is -0.354 e. The van der Waals surface area contributed by atoms with Crippen molar-refractivity contribution in [2.24, 2.45) is 5.73 Å². The summed E-state index contributed by atoms with van der Waals surface area (Å²) in [4.78, 5) is 16.4. The number of hydrogen-bond acceptors (Lipinski definition) is 4. The number of nitrogens with zero attached hydrogens (tertiary/aromatic N) is 2. The summed E-state index contributed by atoms with van der Waals surface area (Å²) in [5.74, 6) is 0.114. The van der Waals surface area contributed by atoms with E-state index in [0.717, 1.165) is 32.6 Å². The fraction of sp³-hybridized carbons (Fsp3) is 0.923. The third-order valence-electron chi connectivity index (χ3n) is 3.69. The van der Waals surface area contributed by atoms with Gasteiger partial charge in [-0.3, -0.25) is 9.69 Å². The number of carbonyl (C=O) groups excluding carboxylic acids is 1. The van der Waals surface area contributed by atoms with Crippen LogP contribution in [0.5, 0.6) is 0 Å². The molecule has 1 aliphatic heterocycles. The van der Waals surface area contributed by atoms with Crippen molar-refractivity contribution in [3.63, 3.8) is 0 Å². The molecule has 0 aliphatic carbocycles. The highest BCUT2D eigenvalue weighted by atomic mass is 16.1. The van der Waals surface area contributed by atoms with E-state index in [1.165, 1.54) is 0 Å². The maximum absolute atomic E-state index is 11.6. The first-order valence-corrected chi connectivity index (χ1v) is 6.86. The van der Waals surface area contributed by atoms with Gasteiger partial charge in [0.1, 0.15) is 0 Å². The SMILES string of the molecule is CN1CCN(C(C)(C)CNC(=O)CCCN)CC1. The Kier molecular flexibility index (Phi) is 6.05. The van der Waals surface area contributed by atoms with Crippen LogP contribution in [0.15, 0.2) is 0 Å². The number of amides is 1. The zero-order chi connectivity index (χ0) is 13.6. The fourth-order valence-electron chi connectivity index (χ4n) is 2.19. The van der Waals surface area contributed by atoms with Gasteiger partial charge in [0.2, 0.25) is 5.91 Å². The number of nitrogens with two attached hydrogens (primary N) is 1. The topological polar surface area (TPSA) is 61.6 Å². The predicted molar refractivity (Wildman–Crippen MR) is 74.4 cm³/mol. The molecule has 0 radical (unpaired) electrons. The number of likely N-dealkylation sites (N-methyl/N-ethyl adjacent to an activating group) is 1. The average Bonchev–Trinajstić information content (AvgIpc) is 2.34. The highest BCUT2D eigenvalue weighted by Crippen LogP contribution is 2.15. The van der Waals surface area contributed by atoms with Crippen LogP contribution in [-0.4, -0.2) is 67.6 Å². The second kappa shape index (κ2) is 7.07. The highest BCUT2D eigenvalue weighted by molar-refractivity contribution is 5.75. The lowest BCUT2D eigenvalue weighted by atomic mass is 10.0. The molecule has 1 amide bonds. The van der Waals surface area contributed by atoms with Crippen molar-refractivity contribution in [3.8, 4) is 0 Å². The molecule has 0 saturated carbocycles. The number of hydrogen-bond donors (Lipinski definition) is 2. The van der Waals surface area contributed by atoms with E-state index in [0.29, 0.717) is 19.5 Å². The van der Waals surface area contributed by atoms with Gasteiger partial charge in [0.15, 0.2) is 0 Å². The van der Waals surface area contributed by atoms with Gasteiger partial charge in [0.25, 0.3) is 0 Å². The summed E-state index contributed by atoms with van der Waals surface area (Å²) in [7, 11) is 2.15. The van der Waals surface area contributed by atoms with Crippen LogP contribution < -0.4 is 11.1 Å². The molecule has 1 rings (SSSR count). The third-order valence-corrected chi connectivity index (χ3v) is 3.69. The van der Waals surface area contributed by atoms with E-state index in [9.17, 15) is 4.79 Å². The van der Waals surface area contributed by atoms with E-state index in [4.69, 9.17) is 5.73 Å². The number of rotatable bonds is 6. The molecular weight excluding hydrogens is 228 g/mol. The molecule has 5 nitrogen and oxygen atoms in total. The normalized spacial score (nSPS) is 18.9. The molecule has 1 fully saturated rings. The van der Waals surface area contributed by atoms with Gasteiger partial charge in [-0.1, -0.05) is 0 Å².